The lowest BCUT2D eigenvalue weighted by atomic mass is 10.0. The van der Waals surface area contributed by atoms with Gasteiger partial charge in [-0.1, -0.05) is 30.3 Å². The minimum absolute atomic E-state index is 0.0837. The number of fused-ring (bicyclic) bond motifs is 1. The van der Waals surface area contributed by atoms with E-state index in [0.717, 1.165) is 22.8 Å². The summed E-state index contributed by atoms with van der Waals surface area (Å²) < 4.78 is 1.97. The van der Waals surface area contributed by atoms with Crippen molar-refractivity contribution in [3.05, 3.63) is 53.5 Å². The Morgan fingerprint density at radius 3 is 2.77 bits per heavy atom. The van der Waals surface area contributed by atoms with Gasteiger partial charge in [-0.05, 0) is 24.5 Å². The summed E-state index contributed by atoms with van der Waals surface area (Å²) in [7, 11) is 1.82. The first kappa shape index (κ1) is 15.3. The standard InChI is InChI=1S/C19H20N6O/c1-24-11-17-22-23-18(15-10-14(20-21-15)13-7-8-13)25(17)16(19(24)26)9-12-5-3-2-4-6-12/h2-6,10,13,16H,7-9,11H2,1H3,(H,20,21)/t16-/m1/s1. The SMILES string of the molecule is CN1Cc2nnc(-c3cc(C4CC4)[nH]n3)n2[C@H](Cc2ccccc2)C1=O. The highest BCUT2D eigenvalue weighted by Gasteiger charge is 2.35. The van der Waals surface area contributed by atoms with Gasteiger partial charge in [0.15, 0.2) is 11.6 Å². The number of aromatic nitrogens is 5. The summed E-state index contributed by atoms with van der Waals surface area (Å²) in [6, 6.07) is 11.8. The van der Waals surface area contributed by atoms with Crippen molar-refractivity contribution in [2.24, 2.45) is 0 Å². The molecule has 1 aliphatic heterocycles. The summed E-state index contributed by atoms with van der Waals surface area (Å²) in [5.41, 5.74) is 3.03. The molecule has 7 nitrogen and oxygen atoms in total. The third kappa shape index (κ3) is 2.51. The van der Waals surface area contributed by atoms with Gasteiger partial charge < -0.3 is 4.90 Å². The molecule has 0 unspecified atom stereocenters. The second kappa shape index (κ2) is 5.79. The van der Waals surface area contributed by atoms with Crippen molar-refractivity contribution in [2.75, 3.05) is 7.05 Å². The molecule has 5 rings (SSSR count). The van der Waals surface area contributed by atoms with E-state index in [2.05, 4.69) is 26.5 Å². The summed E-state index contributed by atoms with van der Waals surface area (Å²) in [5, 5.41) is 16.3. The predicted molar refractivity (Wildman–Crippen MR) is 95.2 cm³/mol. The van der Waals surface area contributed by atoms with E-state index in [1.807, 2.05) is 41.9 Å². The highest BCUT2D eigenvalue weighted by molar-refractivity contribution is 5.82. The average molecular weight is 348 g/mol. The zero-order chi connectivity index (χ0) is 17.7. The molecular weight excluding hydrogens is 328 g/mol. The van der Waals surface area contributed by atoms with Crippen LogP contribution < -0.4 is 0 Å². The van der Waals surface area contributed by atoms with Crippen LogP contribution in [-0.2, 0) is 17.8 Å². The van der Waals surface area contributed by atoms with Crippen molar-refractivity contribution < 1.29 is 4.79 Å². The zero-order valence-electron chi connectivity index (χ0n) is 14.6. The molecule has 0 spiro atoms. The maximum Gasteiger partial charge on any atom is 0.246 e. The van der Waals surface area contributed by atoms with Crippen LogP contribution in [0, 0.1) is 0 Å². The molecule has 0 saturated heterocycles. The number of carbonyl (C=O) groups excluding carboxylic acids is 1. The Kier molecular flexibility index (Phi) is 3.41. The van der Waals surface area contributed by atoms with Crippen LogP contribution in [0.3, 0.4) is 0 Å². The van der Waals surface area contributed by atoms with Crippen LogP contribution in [0.25, 0.3) is 11.5 Å². The maximum atomic E-state index is 12.9. The monoisotopic (exact) mass is 348 g/mol. The van der Waals surface area contributed by atoms with Crippen molar-refractivity contribution in [1.82, 2.24) is 29.9 Å². The summed E-state index contributed by atoms with van der Waals surface area (Å²) in [4.78, 5) is 14.6. The number of hydrogen-bond acceptors (Lipinski definition) is 4. The van der Waals surface area contributed by atoms with Crippen LogP contribution >= 0.6 is 0 Å². The molecule has 1 aliphatic carbocycles. The lowest BCUT2D eigenvalue weighted by Crippen LogP contribution is -2.41. The van der Waals surface area contributed by atoms with Crippen LogP contribution in [0.5, 0.6) is 0 Å². The number of aromatic amines is 1. The zero-order valence-corrected chi connectivity index (χ0v) is 14.6. The van der Waals surface area contributed by atoms with Crippen LogP contribution in [0.15, 0.2) is 36.4 Å². The Morgan fingerprint density at radius 2 is 2.00 bits per heavy atom. The number of nitrogens with zero attached hydrogens (tertiary/aromatic N) is 5. The third-order valence-electron chi connectivity index (χ3n) is 5.23. The fourth-order valence-corrected chi connectivity index (χ4v) is 3.66. The number of amides is 1. The Labute approximate surface area is 151 Å². The Hall–Kier alpha value is -2.96. The van der Waals surface area contributed by atoms with E-state index in [1.54, 1.807) is 4.90 Å². The fraction of sp³-hybridized carbons (Fsp3) is 0.368. The van der Waals surface area contributed by atoms with Gasteiger partial charge >= 0.3 is 0 Å². The number of rotatable bonds is 4. The molecule has 1 N–H and O–H groups in total. The van der Waals surface area contributed by atoms with E-state index in [1.165, 1.54) is 12.8 Å². The molecule has 2 aromatic heterocycles. The van der Waals surface area contributed by atoms with Gasteiger partial charge in [0.2, 0.25) is 5.91 Å². The summed E-state index contributed by atoms with van der Waals surface area (Å²) in [6.07, 6.45) is 3.03. The van der Waals surface area contributed by atoms with E-state index in [9.17, 15) is 4.79 Å². The van der Waals surface area contributed by atoms with Crippen LogP contribution in [0.1, 0.15) is 41.9 Å². The number of hydrogen-bond donors (Lipinski definition) is 1. The normalized spacial score (nSPS) is 19.7. The molecule has 0 radical (unpaired) electrons. The first-order chi connectivity index (χ1) is 12.7. The Balaban J connectivity index is 1.56. The Bertz CT molecular complexity index is 956. The van der Waals surface area contributed by atoms with Crippen molar-refractivity contribution >= 4 is 5.91 Å². The second-order valence-corrected chi connectivity index (χ2v) is 7.19. The maximum absolute atomic E-state index is 12.9. The van der Waals surface area contributed by atoms with Crippen molar-refractivity contribution in [2.45, 2.75) is 37.8 Å². The van der Waals surface area contributed by atoms with E-state index < -0.39 is 0 Å². The lowest BCUT2D eigenvalue weighted by Gasteiger charge is -2.31. The van der Waals surface area contributed by atoms with Crippen molar-refractivity contribution in [1.29, 1.82) is 0 Å². The van der Waals surface area contributed by atoms with E-state index in [0.29, 0.717) is 24.7 Å². The number of benzene rings is 1. The number of nitrogens with one attached hydrogen (secondary N) is 1. The lowest BCUT2D eigenvalue weighted by molar-refractivity contribution is -0.135. The van der Waals surface area contributed by atoms with Crippen LogP contribution in [-0.4, -0.2) is 42.8 Å². The molecule has 3 aromatic rings. The highest BCUT2D eigenvalue weighted by Crippen LogP contribution is 2.40. The van der Waals surface area contributed by atoms with Crippen LogP contribution in [0.2, 0.25) is 0 Å². The second-order valence-electron chi connectivity index (χ2n) is 7.19. The molecule has 2 aliphatic rings. The summed E-state index contributed by atoms with van der Waals surface area (Å²) in [5.74, 6) is 2.15. The molecule has 0 bridgehead atoms. The minimum Gasteiger partial charge on any atom is -0.336 e. The smallest absolute Gasteiger partial charge is 0.246 e. The van der Waals surface area contributed by atoms with Crippen molar-refractivity contribution in [3.8, 4) is 11.5 Å². The van der Waals surface area contributed by atoms with Gasteiger partial charge in [0.25, 0.3) is 0 Å². The first-order valence-electron chi connectivity index (χ1n) is 8.99. The molecule has 1 atom stereocenters. The quantitative estimate of drug-likeness (QED) is 0.784. The van der Waals surface area contributed by atoms with E-state index in [4.69, 9.17) is 0 Å². The van der Waals surface area contributed by atoms with Gasteiger partial charge in [0.1, 0.15) is 11.7 Å². The average Bonchev–Trinajstić information content (AvgIpc) is 3.24. The van der Waals surface area contributed by atoms with Gasteiger partial charge in [-0.2, -0.15) is 5.10 Å². The Morgan fingerprint density at radius 1 is 1.19 bits per heavy atom. The molecule has 1 fully saturated rings. The highest BCUT2D eigenvalue weighted by atomic mass is 16.2. The largest absolute Gasteiger partial charge is 0.336 e. The van der Waals surface area contributed by atoms with Gasteiger partial charge in [-0.3, -0.25) is 14.5 Å². The van der Waals surface area contributed by atoms with E-state index in [-0.39, 0.29) is 11.9 Å². The number of likely N-dealkylation sites (N-methyl/N-ethyl adjacent to an activating group) is 1. The molecule has 26 heavy (non-hydrogen) atoms. The fourth-order valence-electron chi connectivity index (χ4n) is 3.66. The molecule has 132 valence electrons. The molecule has 1 aromatic carbocycles. The van der Waals surface area contributed by atoms with Gasteiger partial charge in [0, 0.05) is 25.1 Å². The molecule has 1 saturated carbocycles. The minimum atomic E-state index is -0.350. The van der Waals surface area contributed by atoms with Gasteiger partial charge in [-0.25, -0.2) is 0 Å². The number of carbonyl (C=O) groups is 1. The van der Waals surface area contributed by atoms with Crippen molar-refractivity contribution in [3.63, 3.8) is 0 Å². The summed E-state index contributed by atoms with van der Waals surface area (Å²) in [6.45, 7) is 0.469. The number of H-pyrrole nitrogens is 1. The van der Waals surface area contributed by atoms with Gasteiger partial charge in [-0.15, -0.1) is 10.2 Å². The topological polar surface area (TPSA) is 79.7 Å². The van der Waals surface area contributed by atoms with E-state index >= 15 is 0 Å². The molecule has 7 heteroatoms. The molecule has 3 heterocycles. The van der Waals surface area contributed by atoms with Gasteiger partial charge in [0.05, 0.1) is 6.54 Å². The third-order valence-corrected chi connectivity index (χ3v) is 5.23. The first-order valence-corrected chi connectivity index (χ1v) is 8.99. The predicted octanol–water partition coefficient (Wildman–Crippen LogP) is 2.30. The summed E-state index contributed by atoms with van der Waals surface area (Å²) >= 11 is 0. The van der Waals surface area contributed by atoms with Crippen LogP contribution in [0.4, 0.5) is 0 Å². The molecular formula is C19H20N6O. The molecule has 1 amide bonds.